The monoisotopic (exact) mass is 358 g/mol. The van der Waals surface area contributed by atoms with Crippen molar-refractivity contribution in [1.29, 1.82) is 0 Å². The van der Waals surface area contributed by atoms with Crippen LogP contribution in [-0.2, 0) is 9.63 Å². The van der Waals surface area contributed by atoms with Crippen molar-refractivity contribution in [2.45, 2.75) is 13.8 Å². The summed E-state index contributed by atoms with van der Waals surface area (Å²) in [6.07, 6.45) is 7.14. The number of oxime groups is 1. The van der Waals surface area contributed by atoms with Gasteiger partial charge in [0.05, 0.1) is 28.9 Å². The molecule has 0 saturated carbocycles. The number of benzene rings is 1. The van der Waals surface area contributed by atoms with Crippen molar-refractivity contribution in [1.82, 2.24) is 14.8 Å². The Morgan fingerprint density at radius 3 is 2.63 bits per heavy atom. The summed E-state index contributed by atoms with van der Waals surface area (Å²) in [4.78, 5) is 21.2. The van der Waals surface area contributed by atoms with Crippen LogP contribution in [0.25, 0.3) is 23.0 Å². The Labute approximate surface area is 156 Å². The summed E-state index contributed by atoms with van der Waals surface area (Å²) in [6.45, 7) is 3.96. The van der Waals surface area contributed by atoms with E-state index in [1.807, 2.05) is 62.5 Å². The van der Waals surface area contributed by atoms with Gasteiger partial charge in [-0.15, -0.1) is 0 Å². The van der Waals surface area contributed by atoms with Gasteiger partial charge in [-0.3, -0.25) is 4.98 Å². The van der Waals surface area contributed by atoms with Crippen molar-refractivity contribution < 1.29 is 9.63 Å². The van der Waals surface area contributed by atoms with Gasteiger partial charge in [-0.2, -0.15) is 5.10 Å². The minimum absolute atomic E-state index is 0.0799. The molecule has 4 rings (SSSR count). The Kier molecular flexibility index (Phi) is 4.38. The van der Waals surface area contributed by atoms with Gasteiger partial charge in [0.2, 0.25) is 0 Å². The molecule has 27 heavy (non-hydrogen) atoms. The van der Waals surface area contributed by atoms with E-state index in [1.165, 1.54) is 0 Å². The van der Waals surface area contributed by atoms with Gasteiger partial charge in [0.25, 0.3) is 0 Å². The summed E-state index contributed by atoms with van der Waals surface area (Å²) in [5.74, 6) is -0.358. The third kappa shape index (κ3) is 3.29. The molecular weight excluding hydrogens is 340 g/mol. The van der Waals surface area contributed by atoms with Gasteiger partial charge < -0.3 is 4.84 Å². The van der Waals surface area contributed by atoms with Crippen molar-refractivity contribution in [2.24, 2.45) is 11.1 Å². The van der Waals surface area contributed by atoms with Crippen LogP contribution < -0.4 is 0 Å². The molecule has 1 aliphatic rings. The fraction of sp³-hybridized carbons (Fsp3) is 0.143. The fourth-order valence-electron chi connectivity index (χ4n) is 2.93. The first-order valence-electron chi connectivity index (χ1n) is 8.70. The maximum absolute atomic E-state index is 12.2. The molecule has 2 aromatic heterocycles. The average Bonchev–Trinajstić information content (AvgIpc) is 3.28. The standard InChI is InChI=1S/C21H18N4O2/c1-14(2)19-18(21(26)27-24-19)11-16-13-25(17-9-6-10-22-12-17)23-20(16)15-7-4-3-5-8-15/h3-14H,1-2H3. The highest BCUT2D eigenvalue weighted by atomic mass is 16.7. The second kappa shape index (κ2) is 6.99. The van der Waals surface area contributed by atoms with Gasteiger partial charge in [-0.05, 0) is 24.1 Å². The van der Waals surface area contributed by atoms with E-state index in [1.54, 1.807) is 23.2 Å². The van der Waals surface area contributed by atoms with Crippen molar-refractivity contribution in [3.05, 3.63) is 72.2 Å². The maximum atomic E-state index is 12.2. The number of rotatable bonds is 4. The largest absolute Gasteiger partial charge is 0.367 e. The number of carbonyl (C=O) groups excluding carboxylic acids is 1. The number of pyridine rings is 1. The first kappa shape index (κ1) is 16.9. The van der Waals surface area contributed by atoms with Crippen molar-refractivity contribution in [3.63, 3.8) is 0 Å². The number of hydrogen-bond donors (Lipinski definition) is 0. The molecule has 0 atom stereocenters. The highest BCUT2D eigenvalue weighted by molar-refractivity contribution is 6.25. The number of nitrogens with zero attached hydrogens (tertiary/aromatic N) is 4. The summed E-state index contributed by atoms with van der Waals surface area (Å²) >= 11 is 0. The molecule has 0 radical (unpaired) electrons. The first-order chi connectivity index (χ1) is 13.1. The fourth-order valence-corrected chi connectivity index (χ4v) is 2.93. The van der Waals surface area contributed by atoms with Crippen LogP contribution in [-0.4, -0.2) is 26.4 Å². The zero-order chi connectivity index (χ0) is 18.8. The SMILES string of the molecule is CC(C)C1=NOC(=O)C1=Cc1cn(-c2cccnc2)nc1-c1ccccc1. The molecule has 0 N–H and O–H groups in total. The van der Waals surface area contributed by atoms with Crippen LogP contribution in [0.5, 0.6) is 0 Å². The number of carbonyl (C=O) groups is 1. The third-order valence-electron chi connectivity index (χ3n) is 4.27. The molecule has 6 heteroatoms. The van der Waals surface area contributed by atoms with Crippen LogP contribution >= 0.6 is 0 Å². The van der Waals surface area contributed by atoms with E-state index >= 15 is 0 Å². The van der Waals surface area contributed by atoms with E-state index in [0.29, 0.717) is 11.3 Å². The van der Waals surface area contributed by atoms with Gasteiger partial charge >= 0.3 is 5.97 Å². The first-order valence-corrected chi connectivity index (χ1v) is 8.70. The van der Waals surface area contributed by atoms with E-state index in [9.17, 15) is 4.79 Å². The average molecular weight is 358 g/mol. The Morgan fingerprint density at radius 2 is 1.93 bits per heavy atom. The van der Waals surface area contributed by atoms with Crippen molar-refractivity contribution in [2.75, 3.05) is 0 Å². The molecule has 3 aromatic rings. The van der Waals surface area contributed by atoms with Gasteiger partial charge in [0.15, 0.2) is 0 Å². The van der Waals surface area contributed by atoms with Gasteiger partial charge in [-0.1, -0.05) is 49.3 Å². The minimum atomic E-state index is -0.438. The lowest BCUT2D eigenvalue weighted by Crippen LogP contribution is -2.11. The van der Waals surface area contributed by atoms with E-state index in [-0.39, 0.29) is 5.92 Å². The minimum Gasteiger partial charge on any atom is -0.312 e. The van der Waals surface area contributed by atoms with Crippen LogP contribution in [0.3, 0.4) is 0 Å². The van der Waals surface area contributed by atoms with Crippen LogP contribution in [0.4, 0.5) is 0 Å². The lowest BCUT2D eigenvalue weighted by atomic mass is 9.98. The number of hydrogen-bond acceptors (Lipinski definition) is 5. The molecule has 0 spiro atoms. The zero-order valence-corrected chi connectivity index (χ0v) is 15.0. The van der Waals surface area contributed by atoms with Crippen LogP contribution in [0.2, 0.25) is 0 Å². The van der Waals surface area contributed by atoms with Crippen LogP contribution in [0.15, 0.2) is 71.8 Å². The second-order valence-electron chi connectivity index (χ2n) is 6.52. The molecule has 0 amide bonds. The highest BCUT2D eigenvalue weighted by Crippen LogP contribution is 2.28. The molecule has 1 aliphatic heterocycles. The highest BCUT2D eigenvalue weighted by Gasteiger charge is 2.28. The zero-order valence-electron chi connectivity index (χ0n) is 15.0. The van der Waals surface area contributed by atoms with Crippen molar-refractivity contribution in [3.8, 4) is 16.9 Å². The van der Waals surface area contributed by atoms with E-state index in [4.69, 9.17) is 9.94 Å². The Morgan fingerprint density at radius 1 is 1.11 bits per heavy atom. The summed E-state index contributed by atoms with van der Waals surface area (Å²) in [5.41, 5.74) is 4.50. The van der Waals surface area contributed by atoms with E-state index in [0.717, 1.165) is 22.5 Å². The Balaban J connectivity index is 1.86. The van der Waals surface area contributed by atoms with Crippen LogP contribution in [0, 0.1) is 5.92 Å². The van der Waals surface area contributed by atoms with E-state index in [2.05, 4.69) is 10.1 Å². The van der Waals surface area contributed by atoms with Gasteiger partial charge in [-0.25, -0.2) is 9.48 Å². The molecule has 0 aliphatic carbocycles. The third-order valence-corrected chi connectivity index (χ3v) is 4.27. The molecule has 0 unspecified atom stereocenters. The molecule has 0 saturated heterocycles. The summed E-state index contributed by atoms with van der Waals surface area (Å²) in [6, 6.07) is 13.6. The molecule has 134 valence electrons. The van der Waals surface area contributed by atoms with Gasteiger partial charge in [0, 0.05) is 23.5 Å². The molecule has 0 bridgehead atoms. The maximum Gasteiger partial charge on any atom is 0.367 e. The van der Waals surface area contributed by atoms with Crippen molar-refractivity contribution >= 4 is 17.8 Å². The van der Waals surface area contributed by atoms with Gasteiger partial charge in [0.1, 0.15) is 0 Å². The lowest BCUT2D eigenvalue weighted by molar-refractivity contribution is -0.136. The smallest absolute Gasteiger partial charge is 0.312 e. The summed E-state index contributed by atoms with van der Waals surface area (Å²) < 4.78 is 1.76. The lowest BCUT2D eigenvalue weighted by Gasteiger charge is -2.03. The predicted molar refractivity (Wildman–Crippen MR) is 103 cm³/mol. The number of aromatic nitrogens is 3. The predicted octanol–water partition coefficient (Wildman–Crippen LogP) is 3.89. The summed E-state index contributed by atoms with van der Waals surface area (Å²) in [5, 5.41) is 8.65. The Bertz CT molecular complexity index is 1030. The molecule has 6 nitrogen and oxygen atoms in total. The van der Waals surface area contributed by atoms with Crippen LogP contribution in [0.1, 0.15) is 19.4 Å². The quantitative estimate of drug-likeness (QED) is 0.524. The molecule has 0 fully saturated rings. The molecule has 1 aromatic carbocycles. The summed E-state index contributed by atoms with van der Waals surface area (Å²) in [7, 11) is 0. The normalized spacial score (nSPS) is 15.3. The Hall–Kier alpha value is -3.54. The molecular formula is C21H18N4O2. The topological polar surface area (TPSA) is 69.4 Å². The van der Waals surface area contributed by atoms with E-state index < -0.39 is 5.97 Å². The second-order valence-corrected chi connectivity index (χ2v) is 6.52. The molecule has 3 heterocycles.